The van der Waals surface area contributed by atoms with Crippen molar-refractivity contribution in [2.75, 3.05) is 11.9 Å². The number of rotatable bonds is 5. The molecular formula is C18H25BFN3O3. The van der Waals surface area contributed by atoms with Crippen LogP contribution >= 0.6 is 0 Å². The Morgan fingerprint density at radius 3 is 2.81 bits per heavy atom. The summed E-state index contributed by atoms with van der Waals surface area (Å²) in [5, 5.41) is 7.10. The smallest absolute Gasteiger partial charge is 0.363 e. The number of hydrogen-bond acceptors (Lipinski definition) is 5. The Bertz CT molecular complexity index is 767. The van der Waals surface area contributed by atoms with Gasteiger partial charge in [-0.3, -0.25) is 4.79 Å². The molecule has 0 amide bonds. The first kappa shape index (κ1) is 18.9. The highest BCUT2D eigenvalue weighted by Gasteiger charge is 2.56. The Morgan fingerprint density at radius 1 is 1.54 bits per heavy atom. The summed E-state index contributed by atoms with van der Waals surface area (Å²) in [6.07, 6.45) is 1.24. The van der Waals surface area contributed by atoms with E-state index < -0.39 is 17.8 Å². The van der Waals surface area contributed by atoms with Crippen LogP contribution in [0.2, 0.25) is 0 Å². The van der Waals surface area contributed by atoms with Gasteiger partial charge in [-0.2, -0.15) is 9.78 Å². The number of anilines is 1. The lowest BCUT2D eigenvalue weighted by Crippen LogP contribution is -2.58. The molecular weight excluding hydrogens is 336 g/mol. The molecule has 1 aromatic rings. The van der Waals surface area contributed by atoms with Crippen molar-refractivity contribution in [1.82, 2.24) is 9.78 Å². The van der Waals surface area contributed by atoms with E-state index >= 15 is 0 Å². The van der Waals surface area contributed by atoms with Crippen LogP contribution < -0.4 is 16.3 Å². The fraction of sp³-hybridized carbons (Fsp3) is 0.722. The number of carbonyl (C=O) groups is 1. The molecule has 1 aromatic heterocycles. The molecule has 8 heteroatoms. The highest BCUT2D eigenvalue weighted by molar-refractivity contribution is 6.35. The van der Waals surface area contributed by atoms with Crippen LogP contribution in [0.25, 0.3) is 0 Å². The summed E-state index contributed by atoms with van der Waals surface area (Å²) in [6, 6.07) is 0.192. The van der Waals surface area contributed by atoms with E-state index in [2.05, 4.69) is 35.9 Å². The summed E-state index contributed by atoms with van der Waals surface area (Å²) in [5.41, 5.74) is -0.244. The topological polar surface area (TPSA) is 73.2 Å². The monoisotopic (exact) mass is 361 g/mol. The summed E-state index contributed by atoms with van der Waals surface area (Å²) < 4.78 is 19.1. The number of halogens is 1. The third-order valence-corrected chi connectivity index (χ3v) is 6.43. The largest absolute Gasteiger partial charge is 0.462 e. The molecule has 0 aromatic carbocycles. The molecule has 1 heterocycles. The molecule has 3 aliphatic carbocycles. The lowest BCUT2D eigenvalue weighted by Gasteiger charge is -2.62. The zero-order chi connectivity index (χ0) is 19.2. The summed E-state index contributed by atoms with van der Waals surface area (Å²) in [7, 11) is 5.90. The molecule has 3 aliphatic rings. The highest BCUT2D eigenvalue weighted by Crippen LogP contribution is 2.61. The number of alkyl halides is 1. The number of carbonyl (C=O) groups excluding carboxylic acids is 1. The summed E-state index contributed by atoms with van der Waals surface area (Å²) in [4.78, 5) is 23.8. The first-order valence-corrected chi connectivity index (χ1v) is 9.13. The van der Waals surface area contributed by atoms with Crippen LogP contribution in [0.4, 0.5) is 10.1 Å². The predicted molar refractivity (Wildman–Crippen MR) is 97.2 cm³/mol. The molecule has 0 aliphatic heterocycles. The van der Waals surface area contributed by atoms with Gasteiger partial charge in [0.15, 0.2) is 0 Å². The quantitative estimate of drug-likeness (QED) is 0.636. The molecule has 2 bridgehead atoms. The first-order chi connectivity index (χ1) is 12.2. The fourth-order valence-electron chi connectivity index (χ4n) is 4.61. The maximum Gasteiger partial charge on any atom is 0.363 e. The van der Waals surface area contributed by atoms with Crippen LogP contribution in [0, 0.1) is 23.2 Å². The van der Waals surface area contributed by atoms with Crippen LogP contribution in [0.1, 0.15) is 46.8 Å². The van der Waals surface area contributed by atoms with Gasteiger partial charge in [0.1, 0.15) is 7.85 Å². The van der Waals surface area contributed by atoms with E-state index in [1.165, 1.54) is 12.6 Å². The lowest BCUT2D eigenvalue weighted by molar-refractivity contribution is -0.153. The van der Waals surface area contributed by atoms with Gasteiger partial charge in [-0.15, -0.1) is 0 Å². The van der Waals surface area contributed by atoms with Crippen molar-refractivity contribution in [3.8, 4) is 0 Å². The number of hydrogen-bond donors (Lipinski definition) is 1. The van der Waals surface area contributed by atoms with Crippen molar-refractivity contribution in [2.24, 2.45) is 23.2 Å². The third kappa shape index (κ3) is 2.93. The molecule has 3 fully saturated rings. The van der Waals surface area contributed by atoms with E-state index in [0.717, 1.165) is 6.42 Å². The van der Waals surface area contributed by atoms with Crippen LogP contribution in [-0.4, -0.2) is 36.2 Å². The average Bonchev–Trinajstić information content (AvgIpc) is 2.59. The van der Waals surface area contributed by atoms with Crippen LogP contribution in [0.15, 0.2) is 11.0 Å². The van der Waals surface area contributed by atoms with Crippen molar-refractivity contribution in [2.45, 2.75) is 52.9 Å². The van der Waals surface area contributed by atoms with E-state index in [1.54, 1.807) is 6.92 Å². The maximum absolute atomic E-state index is 14.1. The van der Waals surface area contributed by atoms with E-state index in [1.807, 2.05) is 0 Å². The van der Waals surface area contributed by atoms with Gasteiger partial charge in [0.05, 0.1) is 18.5 Å². The minimum atomic E-state index is -2.30. The maximum atomic E-state index is 14.1. The Balaban J connectivity index is 1.77. The zero-order valence-electron chi connectivity index (χ0n) is 15.7. The average molecular weight is 361 g/mol. The molecule has 140 valence electrons. The van der Waals surface area contributed by atoms with Gasteiger partial charge in [0, 0.05) is 6.04 Å². The van der Waals surface area contributed by atoms with Gasteiger partial charge in [0.2, 0.25) is 0 Å². The molecule has 26 heavy (non-hydrogen) atoms. The number of nitrogens with zero attached hydrogens (tertiary/aromatic N) is 2. The molecule has 1 unspecified atom stereocenters. The molecule has 2 radical (unpaired) electrons. The lowest BCUT2D eigenvalue weighted by atomic mass is 9.44. The Kier molecular flexibility index (Phi) is 4.88. The van der Waals surface area contributed by atoms with Gasteiger partial charge >= 0.3 is 5.97 Å². The van der Waals surface area contributed by atoms with Crippen molar-refractivity contribution >= 4 is 25.0 Å². The SMILES string of the molecule is [B]c1c(N[C@@H]2C[C@@H]3C[C@H]([C@H]2C)C3(C)C)cnn(C(F)C(=O)OCC)c1=O. The minimum absolute atomic E-state index is 0.0153. The molecule has 6 nitrogen and oxygen atoms in total. The van der Waals surface area contributed by atoms with E-state index in [9.17, 15) is 14.0 Å². The van der Waals surface area contributed by atoms with Crippen molar-refractivity contribution in [3.05, 3.63) is 16.6 Å². The second kappa shape index (κ2) is 6.70. The number of nitrogens with one attached hydrogen (secondary N) is 1. The number of aromatic nitrogens is 2. The van der Waals surface area contributed by atoms with E-state index in [0.29, 0.717) is 33.5 Å². The van der Waals surface area contributed by atoms with Gasteiger partial charge in [-0.25, -0.2) is 9.18 Å². The second-order valence-corrected chi connectivity index (χ2v) is 8.02. The number of esters is 1. The summed E-state index contributed by atoms with van der Waals surface area (Å²) in [5.74, 6) is 0.554. The normalized spacial score (nSPS) is 30.2. The molecule has 0 spiro atoms. The van der Waals surface area contributed by atoms with E-state index in [-0.39, 0.29) is 18.1 Å². The van der Waals surface area contributed by atoms with Gasteiger partial charge in [-0.05, 0) is 48.4 Å². The third-order valence-electron chi connectivity index (χ3n) is 6.43. The Labute approximate surface area is 153 Å². The second-order valence-electron chi connectivity index (χ2n) is 8.02. The predicted octanol–water partition coefficient (Wildman–Crippen LogP) is 1.55. The molecule has 3 saturated carbocycles. The molecule has 5 atom stereocenters. The van der Waals surface area contributed by atoms with E-state index in [4.69, 9.17) is 7.85 Å². The van der Waals surface area contributed by atoms with Crippen LogP contribution in [0.5, 0.6) is 0 Å². The molecule has 0 saturated heterocycles. The highest BCUT2D eigenvalue weighted by atomic mass is 19.1. The summed E-state index contributed by atoms with van der Waals surface area (Å²) in [6.45, 7) is 8.41. The Hall–Kier alpha value is -1.86. The molecule has 1 N–H and O–H groups in total. The van der Waals surface area contributed by atoms with Crippen molar-refractivity contribution < 1.29 is 13.9 Å². The van der Waals surface area contributed by atoms with Crippen molar-refractivity contribution in [1.29, 1.82) is 0 Å². The van der Waals surface area contributed by atoms with Gasteiger partial charge < -0.3 is 10.1 Å². The summed E-state index contributed by atoms with van der Waals surface area (Å²) >= 11 is 0. The van der Waals surface area contributed by atoms with Crippen molar-refractivity contribution in [3.63, 3.8) is 0 Å². The zero-order valence-corrected chi connectivity index (χ0v) is 15.7. The molecule has 4 rings (SSSR count). The number of ether oxygens (including phenoxy) is 1. The standard InChI is InChI=1S/C18H25BFN3O3/c1-5-26-17(25)15(20)23-16(24)14(19)13(8-21-23)22-12-7-10-6-11(9(12)2)18(10,3)4/h8-12,15,22H,5-7H2,1-4H3/t9-,10+,11-,12-,15?/m1/s1. The Morgan fingerprint density at radius 2 is 2.23 bits per heavy atom. The first-order valence-electron chi connectivity index (χ1n) is 9.13. The van der Waals surface area contributed by atoms with Crippen LogP contribution in [-0.2, 0) is 9.53 Å². The minimum Gasteiger partial charge on any atom is -0.462 e. The van der Waals surface area contributed by atoms with Gasteiger partial charge in [0.25, 0.3) is 11.9 Å². The van der Waals surface area contributed by atoms with Gasteiger partial charge in [-0.1, -0.05) is 20.8 Å². The number of fused-ring (bicyclic) bond motifs is 2. The fourth-order valence-corrected chi connectivity index (χ4v) is 4.61. The van der Waals surface area contributed by atoms with Crippen LogP contribution in [0.3, 0.4) is 0 Å².